The summed E-state index contributed by atoms with van der Waals surface area (Å²) in [5, 5.41) is 13.7. The minimum absolute atomic E-state index is 0.421. The van der Waals surface area contributed by atoms with Crippen LogP contribution in [-0.2, 0) is 0 Å². The van der Waals surface area contributed by atoms with Crippen molar-refractivity contribution in [3.05, 3.63) is 36.0 Å². The Balaban J connectivity index is 2.13. The largest absolute Gasteiger partial charge is 0.464 e. The standard InChI is InChI=1S/C14H16N2O2/c17-14(18)16-9-12(10-4-3-7-15-8-10)11-5-1-2-6-13(11)16/h1-2,5-6,9-10,15H,3-4,7-8H2,(H,17,18). The van der Waals surface area contributed by atoms with Gasteiger partial charge in [-0.3, -0.25) is 4.57 Å². The van der Waals surface area contributed by atoms with Crippen molar-refractivity contribution >= 4 is 17.0 Å². The molecular formula is C14H16N2O2. The molecule has 0 amide bonds. The van der Waals surface area contributed by atoms with E-state index in [1.165, 1.54) is 4.57 Å². The number of hydrogen-bond acceptors (Lipinski definition) is 2. The number of nitrogens with zero attached hydrogens (tertiary/aromatic N) is 1. The zero-order valence-corrected chi connectivity index (χ0v) is 10.1. The lowest BCUT2D eigenvalue weighted by molar-refractivity contribution is 0.197. The zero-order valence-electron chi connectivity index (χ0n) is 10.1. The van der Waals surface area contributed by atoms with Crippen LogP contribution >= 0.6 is 0 Å². The van der Waals surface area contributed by atoms with Crippen LogP contribution in [0.25, 0.3) is 10.9 Å². The average molecular weight is 244 g/mol. The lowest BCUT2D eigenvalue weighted by Crippen LogP contribution is -2.28. The maximum absolute atomic E-state index is 11.3. The van der Waals surface area contributed by atoms with E-state index in [2.05, 4.69) is 5.32 Å². The molecule has 2 heterocycles. The molecule has 0 saturated carbocycles. The van der Waals surface area contributed by atoms with Crippen LogP contribution in [0.1, 0.15) is 24.3 Å². The molecule has 0 bridgehead atoms. The summed E-state index contributed by atoms with van der Waals surface area (Å²) in [5.74, 6) is 0.421. The molecule has 1 fully saturated rings. The molecule has 18 heavy (non-hydrogen) atoms. The molecule has 1 unspecified atom stereocenters. The Morgan fingerprint density at radius 3 is 2.94 bits per heavy atom. The second kappa shape index (κ2) is 4.46. The van der Waals surface area contributed by atoms with E-state index in [1.54, 1.807) is 6.20 Å². The van der Waals surface area contributed by atoms with Gasteiger partial charge in [-0.05, 0) is 36.9 Å². The molecule has 2 N–H and O–H groups in total. The molecule has 1 aromatic carbocycles. The number of aromatic nitrogens is 1. The summed E-state index contributed by atoms with van der Waals surface area (Å²) in [6.07, 6.45) is 3.14. The van der Waals surface area contributed by atoms with Gasteiger partial charge >= 0.3 is 6.09 Å². The highest BCUT2D eigenvalue weighted by molar-refractivity contribution is 5.91. The van der Waals surface area contributed by atoms with E-state index < -0.39 is 6.09 Å². The predicted octanol–water partition coefficient (Wildman–Crippen LogP) is 2.63. The van der Waals surface area contributed by atoms with E-state index in [0.29, 0.717) is 5.92 Å². The van der Waals surface area contributed by atoms with Gasteiger partial charge in [0.05, 0.1) is 5.52 Å². The van der Waals surface area contributed by atoms with Crippen molar-refractivity contribution in [2.24, 2.45) is 0 Å². The normalized spacial score (nSPS) is 20.1. The average Bonchev–Trinajstić information content (AvgIpc) is 2.79. The van der Waals surface area contributed by atoms with Crippen molar-refractivity contribution in [2.75, 3.05) is 13.1 Å². The van der Waals surface area contributed by atoms with Gasteiger partial charge in [-0.25, -0.2) is 4.79 Å². The lowest BCUT2D eigenvalue weighted by atomic mass is 9.91. The summed E-state index contributed by atoms with van der Waals surface area (Å²) >= 11 is 0. The minimum Gasteiger partial charge on any atom is -0.464 e. The van der Waals surface area contributed by atoms with Crippen molar-refractivity contribution in [1.29, 1.82) is 0 Å². The minimum atomic E-state index is -0.916. The van der Waals surface area contributed by atoms with E-state index >= 15 is 0 Å². The van der Waals surface area contributed by atoms with Crippen molar-refractivity contribution in [3.8, 4) is 0 Å². The van der Waals surface area contributed by atoms with Crippen LogP contribution in [0, 0.1) is 0 Å². The van der Waals surface area contributed by atoms with Crippen LogP contribution in [0.4, 0.5) is 4.79 Å². The summed E-state index contributed by atoms with van der Waals surface area (Å²) < 4.78 is 1.33. The topological polar surface area (TPSA) is 54.3 Å². The lowest BCUT2D eigenvalue weighted by Gasteiger charge is -2.22. The number of nitrogens with one attached hydrogen (secondary N) is 1. The molecular weight excluding hydrogens is 228 g/mol. The van der Waals surface area contributed by atoms with Crippen molar-refractivity contribution in [1.82, 2.24) is 9.88 Å². The van der Waals surface area contributed by atoms with Crippen LogP contribution < -0.4 is 5.32 Å². The fourth-order valence-electron chi connectivity index (χ4n) is 2.81. The van der Waals surface area contributed by atoms with Crippen molar-refractivity contribution < 1.29 is 9.90 Å². The van der Waals surface area contributed by atoms with E-state index in [0.717, 1.165) is 42.4 Å². The third-order valence-electron chi connectivity index (χ3n) is 3.69. The molecule has 4 nitrogen and oxygen atoms in total. The molecule has 1 saturated heterocycles. The Bertz CT molecular complexity index is 582. The van der Waals surface area contributed by atoms with Gasteiger partial charge in [0.25, 0.3) is 0 Å². The first-order valence-electron chi connectivity index (χ1n) is 6.31. The Hall–Kier alpha value is -1.81. The first-order chi connectivity index (χ1) is 8.77. The SMILES string of the molecule is O=C(O)n1cc(C2CCCNC2)c2ccccc21. The first-order valence-corrected chi connectivity index (χ1v) is 6.31. The molecule has 3 rings (SSSR count). The van der Waals surface area contributed by atoms with Crippen LogP contribution in [0.2, 0.25) is 0 Å². The monoisotopic (exact) mass is 244 g/mol. The van der Waals surface area contributed by atoms with Gasteiger partial charge < -0.3 is 10.4 Å². The van der Waals surface area contributed by atoms with Crippen LogP contribution in [0.5, 0.6) is 0 Å². The second-order valence-corrected chi connectivity index (χ2v) is 4.80. The number of para-hydroxylation sites is 1. The summed E-state index contributed by atoms with van der Waals surface area (Å²) in [4.78, 5) is 11.3. The van der Waals surface area contributed by atoms with Crippen LogP contribution in [0.15, 0.2) is 30.5 Å². The van der Waals surface area contributed by atoms with Crippen molar-refractivity contribution in [3.63, 3.8) is 0 Å². The van der Waals surface area contributed by atoms with Crippen LogP contribution in [-0.4, -0.2) is 28.9 Å². The molecule has 1 aliphatic heterocycles. The summed E-state index contributed by atoms with van der Waals surface area (Å²) in [5.41, 5.74) is 1.94. The van der Waals surface area contributed by atoms with E-state index in [1.807, 2.05) is 24.3 Å². The zero-order chi connectivity index (χ0) is 12.5. The predicted molar refractivity (Wildman–Crippen MR) is 70.2 cm³/mol. The van der Waals surface area contributed by atoms with Gasteiger partial charge in [-0.2, -0.15) is 0 Å². The molecule has 2 aromatic rings. The molecule has 1 aliphatic rings. The molecule has 1 aromatic heterocycles. The Labute approximate surface area is 105 Å². The van der Waals surface area contributed by atoms with E-state index in [4.69, 9.17) is 0 Å². The summed E-state index contributed by atoms with van der Waals surface area (Å²) in [6.45, 7) is 2.00. The number of carboxylic acid groups (broad SMARTS) is 1. The van der Waals surface area contributed by atoms with Gasteiger partial charge in [0.15, 0.2) is 0 Å². The molecule has 94 valence electrons. The molecule has 4 heteroatoms. The third kappa shape index (κ3) is 1.78. The molecule has 0 aliphatic carbocycles. The fraction of sp³-hybridized carbons (Fsp3) is 0.357. The highest BCUT2D eigenvalue weighted by atomic mass is 16.4. The van der Waals surface area contributed by atoms with Gasteiger partial charge in [0.1, 0.15) is 0 Å². The number of hydrogen-bond donors (Lipinski definition) is 2. The Morgan fingerprint density at radius 1 is 1.39 bits per heavy atom. The van der Waals surface area contributed by atoms with Gasteiger partial charge in [-0.15, -0.1) is 0 Å². The highest BCUT2D eigenvalue weighted by Crippen LogP contribution is 2.31. The number of piperidine rings is 1. The van der Waals surface area contributed by atoms with E-state index in [-0.39, 0.29) is 0 Å². The number of fused-ring (bicyclic) bond motifs is 1. The Kier molecular flexibility index (Phi) is 2.80. The quantitative estimate of drug-likeness (QED) is 0.810. The smallest absolute Gasteiger partial charge is 0.416 e. The second-order valence-electron chi connectivity index (χ2n) is 4.80. The molecule has 1 atom stereocenters. The third-order valence-corrected chi connectivity index (χ3v) is 3.69. The van der Waals surface area contributed by atoms with Crippen molar-refractivity contribution in [2.45, 2.75) is 18.8 Å². The first kappa shape index (κ1) is 11.3. The fourth-order valence-corrected chi connectivity index (χ4v) is 2.81. The maximum atomic E-state index is 11.3. The number of rotatable bonds is 1. The molecule has 0 spiro atoms. The summed E-state index contributed by atoms with van der Waals surface area (Å²) in [7, 11) is 0. The van der Waals surface area contributed by atoms with Gasteiger partial charge in [0.2, 0.25) is 0 Å². The van der Waals surface area contributed by atoms with Gasteiger partial charge in [-0.1, -0.05) is 18.2 Å². The highest BCUT2D eigenvalue weighted by Gasteiger charge is 2.21. The van der Waals surface area contributed by atoms with Crippen LogP contribution in [0.3, 0.4) is 0 Å². The van der Waals surface area contributed by atoms with Gasteiger partial charge in [0, 0.05) is 18.1 Å². The van der Waals surface area contributed by atoms with E-state index in [9.17, 15) is 9.90 Å². The molecule has 0 radical (unpaired) electrons. The maximum Gasteiger partial charge on any atom is 0.416 e. The number of benzene rings is 1. The summed E-state index contributed by atoms with van der Waals surface area (Å²) in [6, 6.07) is 7.72. The Morgan fingerprint density at radius 2 is 2.22 bits per heavy atom. The number of carbonyl (C=O) groups is 1.